The monoisotopic (exact) mass is 934 g/mol. The first-order chi connectivity index (χ1) is 17.4. The molecule has 4 aromatic rings. The van der Waals surface area contributed by atoms with Crippen LogP contribution in [0.4, 0.5) is 0 Å². The molecule has 4 rings (SSSR count). The van der Waals surface area contributed by atoms with Crippen LogP contribution in [0.15, 0.2) is 79.0 Å². The third kappa shape index (κ3) is 6.38. The maximum absolute atomic E-state index is 13.1. The summed E-state index contributed by atoms with van der Waals surface area (Å²) >= 11 is 13.6. The van der Waals surface area contributed by atoms with E-state index in [2.05, 4.69) is 47.8 Å². The third-order valence-electron chi connectivity index (χ3n) is 4.96. The molecule has 0 saturated carbocycles. The minimum absolute atomic E-state index is 0.107. The molecule has 4 aromatic carbocycles. The van der Waals surface area contributed by atoms with Crippen LogP contribution in [0.2, 0.25) is 0 Å². The Kier molecular flexibility index (Phi) is 9.02. The van der Waals surface area contributed by atoms with Gasteiger partial charge in [0, 0.05) is 25.9 Å². The van der Waals surface area contributed by atoms with Gasteiger partial charge in [-0.3, -0.25) is 4.55 Å². The molecule has 190 valence electrons. The normalized spacial score (nSPS) is 11.4. The lowest BCUT2D eigenvalue weighted by atomic mass is 10.0. The topological polar surface area (TPSA) is 107 Å². The fourth-order valence-electron chi connectivity index (χ4n) is 3.44. The maximum atomic E-state index is 13.1. The quantitative estimate of drug-likeness (QED) is 0.0936. The molecule has 37 heavy (non-hydrogen) atoms. The molecule has 0 bridgehead atoms. The lowest BCUT2D eigenvalue weighted by molar-refractivity contribution is 0.0728. The Morgan fingerprint density at radius 3 is 1.95 bits per heavy atom. The highest BCUT2D eigenvalue weighted by Crippen LogP contribution is 2.34. The van der Waals surface area contributed by atoms with Crippen molar-refractivity contribution in [3.8, 4) is 11.5 Å². The zero-order valence-electron chi connectivity index (χ0n) is 18.0. The molecule has 0 fully saturated rings. The fraction of sp³-hybridized carbons (Fsp3) is 0. The number of carbonyl (C=O) groups is 2. The molecule has 0 spiro atoms. The Labute approximate surface area is 263 Å². The Morgan fingerprint density at radius 1 is 0.784 bits per heavy atom. The second-order valence-electron chi connectivity index (χ2n) is 7.37. The van der Waals surface area contributed by atoms with Crippen LogP contribution in [0, 0.1) is 7.14 Å². The molecule has 0 amide bonds. The molecule has 0 aliphatic carbocycles. The second kappa shape index (κ2) is 11.6. The molecule has 1 N–H and O–H groups in total. The predicted molar refractivity (Wildman–Crippen MR) is 165 cm³/mol. The first-order valence-electron chi connectivity index (χ1n) is 9.94. The summed E-state index contributed by atoms with van der Waals surface area (Å²) < 4.78 is 46.1. The lowest BCUT2D eigenvalue weighted by Crippen LogP contribution is -2.12. The lowest BCUT2D eigenvalue weighted by Gasteiger charge is -2.13. The van der Waals surface area contributed by atoms with Crippen LogP contribution in [-0.4, -0.2) is 24.9 Å². The Bertz CT molecular complexity index is 1660. The summed E-state index contributed by atoms with van der Waals surface area (Å²) in [4.78, 5) is 25.8. The highest BCUT2D eigenvalue weighted by atomic mass is 127. The first-order valence-corrected chi connectivity index (χ1v) is 15.9. The van der Waals surface area contributed by atoms with Gasteiger partial charge in [0.2, 0.25) is 0 Å². The van der Waals surface area contributed by atoms with E-state index >= 15 is 0 Å². The van der Waals surface area contributed by atoms with Crippen molar-refractivity contribution in [2.24, 2.45) is 0 Å². The number of rotatable bonds is 5. The van der Waals surface area contributed by atoms with Gasteiger partial charge < -0.3 is 9.47 Å². The summed E-state index contributed by atoms with van der Waals surface area (Å²) in [6.45, 7) is 0. The predicted octanol–water partition coefficient (Wildman–Crippen LogP) is 8.02. The van der Waals surface area contributed by atoms with Crippen LogP contribution < -0.4 is 9.47 Å². The molecule has 0 atom stereocenters. The summed E-state index contributed by atoms with van der Waals surface area (Å²) in [5.74, 6) is -0.940. The SMILES string of the molecule is O=C(Oc1cccc2c(C(=O)Oc3cc(I)c(S(=O)(=O)O)c(I)c3)cccc12)c1c(Br)cc(Br)cc1Br. The van der Waals surface area contributed by atoms with Gasteiger partial charge in [0.1, 0.15) is 16.4 Å². The zero-order chi connectivity index (χ0) is 27.1. The van der Waals surface area contributed by atoms with E-state index in [-0.39, 0.29) is 29.1 Å². The standard InChI is InChI=1S/C24H11Br3I2O7S/c25-11-7-16(26)21(17(27)8-11)24(31)36-20-6-2-3-13-14(20)4-1-5-15(13)23(30)35-12-9-18(28)22(19(29)10-12)37(32,33)34/h1-10H,(H,32,33,34). The number of esters is 2. The molecule has 0 aromatic heterocycles. The van der Waals surface area contributed by atoms with E-state index in [0.717, 1.165) is 4.47 Å². The minimum Gasteiger partial charge on any atom is -0.423 e. The molecule has 0 aliphatic rings. The fourth-order valence-corrected chi connectivity index (χ4v) is 10.0. The molecule has 13 heteroatoms. The van der Waals surface area contributed by atoms with E-state index in [4.69, 9.17) is 9.47 Å². The maximum Gasteiger partial charge on any atom is 0.345 e. The van der Waals surface area contributed by atoms with Gasteiger partial charge in [0.05, 0.1) is 11.1 Å². The van der Waals surface area contributed by atoms with Crippen LogP contribution in [0.1, 0.15) is 20.7 Å². The number of hydrogen-bond acceptors (Lipinski definition) is 6. The van der Waals surface area contributed by atoms with E-state index in [1.165, 1.54) is 12.1 Å². The summed E-state index contributed by atoms with van der Waals surface area (Å²) in [6.07, 6.45) is 0. The number of benzene rings is 4. The van der Waals surface area contributed by atoms with Crippen molar-refractivity contribution in [1.82, 2.24) is 0 Å². The van der Waals surface area contributed by atoms with Crippen molar-refractivity contribution >= 4 is 126 Å². The molecule has 7 nitrogen and oxygen atoms in total. The number of carbonyl (C=O) groups excluding carboxylic acids is 2. The van der Waals surface area contributed by atoms with Crippen LogP contribution in [0.5, 0.6) is 11.5 Å². The summed E-state index contributed by atoms with van der Waals surface area (Å²) in [5, 5.41) is 1.01. The smallest absolute Gasteiger partial charge is 0.345 e. The van der Waals surface area contributed by atoms with E-state index in [1.54, 1.807) is 93.7 Å². The second-order valence-corrected chi connectivity index (χ2v) is 13.7. The molecule has 0 radical (unpaired) electrons. The molecule has 0 unspecified atom stereocenters. The largest absolute Gasteiger partial charge is 0.423 e. The Balaban J connectivity index is 1.67. The van der Waals surface area contributed by atoms with Gasteiger partial charge in [-0.25, -0.2) is 9.59 Å². The number of halogens is 5. The first kappa shape index (κ1) is 28.9. The Morgan fingerprint density at radius 2 is 1.35 bits per heavy atom. The average molecular weight is 937 g/mol. The minimum atomic E-state index is -4.44. The van der Waals surface area contributed by atoms with E-state index < -0.39 is 22.1 Å². The molecular formula is C24H11Br3I2O7S. The zero-order valence-corrected chi connectivity index (χ0v) is 27.9. The van der Waals surface area contributed by atoms with Crippen LogP contribution in [0.25, 0.3) is 10.8 Å². The van der Waals surface area contributed by atoms with Crippen molar-refractivity contribution in [1.29, 1.82) is 0 Å². The van der Waals surface area contributed by atoms with Crippen molar-refractivity contribution in [3.05, 3.63) is 92.3 Å². The van der Waals surface area contributed by atoms with Gasteiger partial charge in [-0.1, -0.05) is 40.2 Å². The van der Waals surface area contributed by atoms with Crippen LogP contribution >= 0.6 is 93.0 Å². The summed E-state index contributed by atoms with van der Waals surface area (Å²) in [6, 6.07) is 16.0. The van der Waals surface area contributed by atoms with Gasteiger partial charge >= 0.3 is 11.9 Å². The molecule has 0 saturated heterocycles. The van der Waals surface area contributed by atoms with E-state index in [0.29, 0.717) is 25.3 Å². The van der Waals surface area contributed by atoms with Crippen molar-refractivity contribution in [3.63, 3.8) is 0 Å². The van der Waals surface area contributed by atoms with Crippen molar-refractivity contribution in [2.75, 3.05) is 0 Å². The molecule has 0 aliphatic heterocycles. The van der Waals surface area contributed by atoms with Crippen molar-refractivity contribution < 1.29 is 32.0 Å². The number of ether oxygens (including phenoxy) is 2. The van der Waals surface area contributed by atoms with Gasteiger partial charge in [-0.2, -0.15) is 8.42 Å². The molecular weight excluding hydrogens is 926 g/mol. The van der Waals surface area contributed by atoms with E-state index in [9.17, 15) is 22.6 Å². The van der Waals surface area contributed by atoms with Gasteiger partial charge in [-0.05, 0) is 119 Å². The van der Waals surface area contributed by atoms with Gasteiger partial charge in [-0.15, -0.1) is 0 Å². The van der Waals surface area contributed by atoms with Crippen LogP contribution in [-0.2, 0) is 10.1 Å². The number of hydrogen-bond donors (Lipinski definition) is 1. The van der Waals surface area contributed by atoms with E-state index in [1.807, 2.05) is 0 Å². The van der Waals surface area contributed by atoms with Gasteiger partial charge in [0.25, 0.3) is 10.1 Å². The highest BCUT2D eigenvalue weighted by Gasteiger charge is 2.22. The van der Waals surface area contributed by atoms with Crippen molar-refractivity contribution in [2.45, 2.75) is 4.90 Å². The highest BCUT2D eigenvalue weighted by molar-refractivity contribution is 14.1. The molecule has 0 heterocycles. The number of fused-ring (bicyclic) bond motifs is 1. The van der Waals surface area contributed by atoms with Crippen LogP contribution in [0.3, 0.4) is 0 Å². The third-order valence-corrected chi connectivity index (χ3v) is 10.1. The summed E-state index contributed by atoms with van der Waals surface area (Å²) in [7, 11) is -4.44. The van der Waals surface area contributed by atoms with Gasteiger partial charge in [0.15, 0.2) is 0 Å². The Hall–Kier alpha value is -1.11. The summed E-state index contributed by atoms with van der Waals surface area (Å²) in [5.41, 5.74) is 0.513. The average Bonchev–Trinajstić information content (AvgIpc) is 2.76.